The first-order valence-electron chi connectivity index (χ1n) is 8.16. The molecule has 0 radical (unpaired) electrons. The summed E-state index contributed by atoms with van der Waals surface area (Å²) in [5.74, 6) is 0.869. The first-order chi connectivity index (χ1) is 10.7. The number of fused-ring (bicyclic) bond motifs is 2. The molecule has 0 saturated carbocycles. The van der Waals surface area contributed by atoms with E-state index < -0.39 is 0 Å². The van der Waals surface area contributed by atoms with Crippen molar-refractivity contribution in [2.45, 2.75) is 55.4 Å². The number of hydrogen-bond donors (Lipinski definition) is 1. The fourth-order valence-corrected chi connectivity index (χ4v) is 3.79. The Labute approximate surface area is 138 Å². The summed E-state index contributed by atoms with van der Waals surface area (Å²) in [7, 11) is 0. The lowest BCUT2D eigenvalue weighted by molar-refractivity contribution is 0.607. The molecule has 1 aliphatic heterocycles. The number of rotatable bonds is 0. The van der Waals surface area contributed by atoms with Gasteiger partial charge in [0.05, 0.1) is 5.36 Å². The maximum atomic E-state index is 8.36. The predicted octanol–water partition coefficient (Wildman–Crippen LogP) is 5.48. The fraction of sp³-hybridized carbons (Fsp3) is 0.381. The third-order valence-corrected chi connectivity index (χ3v) is 5.84. The van der Waals surface area contributed by atoms with E-state index in [1.165, 1.54) is 38.8 Å². The Morgan fingerprint density at radius 3 is 1.74 bits per heavy atom. The second-order valence-electron chi connectivity index (χ2n) is 6.89. The molecule has 0 amide bonds. The van der Waals surface area contributed by atoms with E-state index in [9.17, 15) is 0 Å². The molecule has 0 fully saturated rings. The highest BCUT2D eigenvalue weighted by atomic mass is 16.3. The summed E-state index contributed by atoms with van der Waals surface area (Å²) in [5.41, 5.74) is 11.7. The maximum absolute atomic E-state index is 8.36. The van der Waals surface area contributed by atoms with Crippen LogP contribution in [0.2, 0.25) is 0 Å². The van der Waals surface area contributed by atoms with E-state index >= 15 is 0 Å². The average molecular weight is 307 g/mol. The van der Waals surface area contributed by atoms with Gasteiger partial charge in [0.25, 0.3) is 0 Å². The largest absolute Gasteiger partial charge is 0.455 e. The Morgan fingerprint density at radius 1 is 0.565 bits per heavy atom. The van der Waals surface area contributed by atoms with Crippen molar-refractivity contribution < 1.29 is 4.42 Å². The third kappa shape index (κ3) is 1.90. The van der Waals surface area contributed by atoms with Gasteiger partial charge in [0, 0.05) is 16.5 Å². The number of benzene rings is 2. The molecular formula is C21H25NO. The van der Waals surface area contributed by atoms with Crippen LogP contribution < -0.4 is 5.36 Å². The quantitative estimate of drug-likeness (QED) is 0.548. The van der Waals surface area contributed by atoms with Crippen LogP contribution >= 0.6 is 0 Å². The normalized spacial score (nSPS) is 11.7. The zero-order chi connectivity index (χ0) is 17.2. The molecule has 1 aliphatic carbocycles. The van der Waals surface area contributed by atoms with Gasteiger partial charge in [0.2, 0.25) is 0 Å². The van der Waals surface area contributed by atoms with Gasteiger partial charge in [-0.1, -0.05) is 0 Å². The summed E-state index contributed by atoms with van der Waals surface area (Å²) >= 11 is 0. The number of aryl methyl sites for hydroxylation is 3. The molecule has 23 heavy (non-hydrogen) atoms. The van der Waals surface area contributed by atoms with Crippen LogP contribution in [-0.2, 0) is 0 Å². The van der Waals surface area contributed by atoms with Crippen molar-refractivity contribution in [3.63, 3.8) is 0 Å². The van der Waals surface area contributed by atoms with Gasteiger partial charge in [0.15, 0.2) is 0 Å². The van der Waals surface area contributed by atoms with E-state index in [2.05, 4.69) is 41.5 Å². The van der Waals surface area contributed by atoms with Gasteiger partial charge in [-0.05, 0) is 94.3 Å². The lowest BCUT2D eigenvalue weighted by Gasteiger charge is -2.22. The number of hydrogen-bond acceptors (Lipinski definition) is 2. The van der Waals surface area contributed by atoms with Crippen LogP contribution in [0.5, 0.6) is 0 Å². The molecule has 0 bridgehead atoms. The summed E-state index contributed by atoms with van der Waals surface area (Å²) < 4.78 is 6.40. The lowest BCUT2D eigenvalue weighted by atomic mass is 9.86. The predicted molar refractivity (Wildman–Crippen MR) is 96.6 cm³/mol. The molecule has 1 aromatic carbocycles. The van der Waals surface area contributed by atoms with Gasteiger partial charge in [-0.2, -0.15) is 0 Å². The maximum Gasteiger partial charge on any atom is 0.140 e. The molecule has 1 heterocycles. The van der Waals surface area contributed by atoms with E-state index in [1.54, 1.807) is 0 Å². The minimum atomic E-state index is 0.593. The summed E-state index contributed by atoms with van der Waals surface area (Å²) in [6.45, 7) is 17.0. The molecule has 3 rings (SSSR count). The van der Waals surface area contributed by atoms with Gasteiger partial charge in [-0.25, -0.2) is 0 Å². The molecule has 120 valence electrons. The Kier molecular flexibility index (Phi) is 3.40. The molecule has 0 spiro atoms. The minimum Gasteiger partial charge on any atom is -0.455 e. The average Bonchev–Trinajstić information content (AvgIpc) is 2.53. The van der Waals surface area contributed by atoms with Crippen molar-refractivity contribution in [1.29, 1.82) is 5.41 Å². The van der Waals surface area contributed by atoms with Gasteiger partial charge < -0.3 is 9.83 Å². The molecule has 0 saturated heterocycles. The highest BCUT2D eigenvalue weighted by molar-refractivity contribution is 5.95. The second-order valence-corrected chi connectivity index (χ2v) is 6.89. The molecule has 0 aromatic heterocycles. The monoisotopic (exact) mass is 307 g/mol. The van der Waals surface area contributed by atoms with Crippen LogP contribution in [0.25, 0.3) is 22.3 Å². The zero-order valence-electron chi connectivity index (χ0n) is 15.4. The molecule has 1 aromatic rings. The van der Waals surface area contributed by atoms with Crippen LogP contribution in [0, 0.1) is 60.8 Å². The Balaban J connectivity index is 2.74. The summed E-state index contributed by atoms with van der Waals surface area (Å²) in [6.07, 6.45) is 0. The Hall–Kier alpha value is -2.09. The van der Waals surface area contributed by atoms with Crippen molar-refractivity contribution in [3.8, 4) is 11.3 Å². The topological polar surface area (TPSA) is 37.0 Å². The first kappa shape index (κ1) is 15.8. The van der Waals surface area contributed by atoms with Gasteiger partial charge in [0.1, 0.15) is 11.3 Å². The second kappa shape index (κ2) is 4.95. The molecule has 0 unspecified atom stereocenters. The lowest BCUT2D eigenvalue weighted by Crippen LogP contribution is -2.15. The summed E-state index contributed by atoms with van der Waals surface area (Å²) in [6, 6.07) is 0. The smallest absolute Gasteiger partial charge is 0.140 e. The van der Waals surface area contributed by atoms with Gasteiger partial charge in [-0.15, -0.1) is 0 Å². The highest BCUT2D eigenvalue weighted by Crippen LogP contribution is 2.41. The molecule has 2 nitrogen and oxygen atoms in total. The van der Waals surface area contributed by atoms with Crippen molar-refractivity contribution in [1.82, 2.24) is 0 Å². The van der Waals surface area contributed by atoms with E-state index in [0.29, 0.717) is 5.36 Å². The van der Waals surface area contributed by atoms with Crippen LogP contribution in [-0.4, -0.2) is 0 Å². The van der Waals surface area contributed by atoms with Gasteiger partial charge >= 0.3 is 0 Å². The van der Waals surface area contributed by atoms with Crippen LogP contribution in [0.3, 0.4) is 0 Å². The molecule has 0 atom stereocenters. The van der Waals surface area contributed by atoms with Crippen LogP contribution in [0.1, 0.15) is 44.5 Å². The first-order valence-corrected chi connectivity index (χ1v) is 8.16. The van der Waals surface area contributed by atoms with Crippen molar-refractivity contribution in [2.75, 3.05) is 0 Å². The molecular weight excluding hydrogens is 282 g/mol. The molecule has 1 N–H and O–H groups in total. The van der Waals surface area contributed by atoms with Crippen LogP contribution in [0.4, 0.5) is 0 Å². The molecule has 2 aliphatic rings. The van der Waals surface area contributed by atoms with Crippen LogP contribution in [0.15, 0.2) is 4.42 Å². The van der Waals surface area contributed by atoms with E-state index in [1.807, 2.05) is 13.8 Å². The van der Waals surface area contributed by atoms with E-state index in [0.717, 1.165) is 28.0 Å². The Bertz CT molecular complexity index is 1010. The Morgan fingerprint density at radius 2 is 1.13 bits per heavy atom. The van der Waals surface area contributed by atoms with E-state index in [-0.39, 0.29) is 0 Å². The van der Waals surface area contributed by atoms with Gasteiger partial charge in [-0.3, -0.25) is 0 Å². The molecule has 2 heteroatoms. The third-order valence-electron chi connectivity index (χ3n) is 5.84. The van der Waals surface area contributed by atoms with E-state index in [4.69, 9.17) is 9.83 Å². The van der Waals surface area contributed by atoms with Crippen molar-refractivity contribution in [2.24, 2.45) is 0 Å². The fourth-order valence-electron chi connectivity index (χ4n) is 3.79. The minimum absolute atomic E-state index is 0.593. The zero-order valence-corrected chi connectivity index (χ0v) is 15.4. The SMILES string of the molecule is Cc1c2c(C)c3c(C)c(C)c(C)c(C)c3oc-2c(C)c(=N)c1C. The summed E-state index contributed by atoms with van der Waals surface area (Å²) in [4.78, 5) is 0. The van der Waals surface area contributed by atoms with Crippen molar-refractivity contribution >= 4 is 11.0 Å². The van der Waals surface area contributed by atoms with Crippen molar-refractivity contribution in [3.05, 3.63) is 49.9 Å². The standard InChI is InChI=1S/C21H25NO/c1-9-10(2)14(6)20-17(11(9)3)15(7)18-12(4)13(5)19(22)16(8)21(18)23-20/h22H,1-8H3. The number of nitrogens with one attached hydrogen (secondary N) is 1. The highest BCUT2D eigenvalue weighted by Gasteiger charge is 2.23. The summed E-state index contributed by atoms with van der Waals surface area (Å²) in [5, 5.41) is 10.2.